The van der Waals surface area contributed by atoms with Gasteiger partial charge in [0, 0.05) is 24.5 Å². The van der Waals surface area contributed by atoms with Crippen LogP contribution in [0.3, 0.4) is 0 Å². The van der Waals surface area contributed by atoms with Crippen LogP contribution >= 0.6 is 11.6 Å². The number of hydrogen-bond acceptors (Lipinski definition) is 3. The van der Waals surface area contributed by atoms with Gasteiger partial charge in [-0.3, -0.25) is 4.79 Å². The number of nitrogens with one attached hydrogen (secondary N) is 1. The fourth-order valence-electron chi connectivity index (χ4n) is 2.11. The van der Waals surface area contributed by atoms with Crippen molar-refractivity contribution >= 4 is 28.9 Å². The lowest BCUT2D eigenvalue weighted by molar-refractivity contribution is -0.118. The highest BCUT2D eigenvalue weighted by Gasteiger charge is 2.17. The molecule has 0 fully saturated rings. The van der Waals surface area contributed by atoms with E-state index < -0.39 is 0 Å². The van der Waals surface area contributed by atoms with Gasteiger partial charge in [0.05, 0.1) is 10.7 Å². The molecule has 1 atom stereocenters. The average molecular weight is 307 g/mol. The maximum atomic E-state index is 12.3. The van der Waals surface area contributed by atoms with E-state index >= 15 is 0 Å². The van der Waals surface area contributed by atoms with Crippen LogP contribution in [0.4, 0.5) is 11.4 Å². The van der Waals surface area contributed by atoms with E-state index in [1.807, 2.05) is 17.7 Å². The van der Waals surface area contributed by atoms with E-state index in [2.05, 4.69) is 17.2 Å². The maximum Gasteiger partial charge on any atom is 0.247 e. The van der Waals surface area contributed by atoms with Gasteiger partial charge in [-0.25, -0.2) is 4.98 Å². The third kappa shape index (κ3) is 3.55. The van der Waals surface area contributed by atoms with Crippen LogP contribution in [-0.2, 0) is 11.2 Å². The minimum absolute atomic E-state index is 0.118. The first-order valence-corrected chi connectivity index (χ1v) is 7.28. The molecule has 5 nitrogen and oxygen atoms in total. The highest BCUT2D eigenvalue weighted by Crippen LogP contribution is 2.23. The summed E-state index contributed by atoms with van der Waals surface area (Å²) in [7, 11) is 0. The van der Waals surface area contributed by atoms with Crippen molar-refractivity contribution in [1.29, 1.82) is 0 Å². The van der Waals surface area contributed by atoms with Gasteiger partial charge in [0.25, 0.3) is 0 Å². The molecule has 1 heterocycles. The number of rotatable bonds is 5. The van der Waals surface area contributed by atoms with Crippen LogP contribution in [0.5, 0.6) is 0 Å². The van der Waals surface area contributed by atoms with Crippen LogP contribution in [0.1, 0.15) is 32.1 Å². The van der Waals surface area contributed by atoms with Crippen molar-refractivity contribution in [2.24, 2.45) is 0 Å². The SMILES string of the molecule is CCCc1nccn1C(C)C(=O)Nc1ccc(Cl)c(N)c1. The average Bonchev–Trinajstić information content (AvgIpc) is 2.90. The number of carbonyl (C=O) groups excluding carboxylic acids is 1. The molecular formula is C15H19ClN4O. The van der Waals surface area contributed by atoms with Crippen molar-refractivity contribution in [3.05, 3.63) is 41.4 Å². The van der Waals surface area contributed by atoms with Gasteiger partial charge in [-0.2, -0.15) is 0 Å². The second kappa shape index (κ2) is 6.63. The Balaban J connectivity index is 2.11. The summed E-state index contributed by atoms with van der Waals surface area (Å²) in [5.74, 6) is 0.794. The minimum Gasteiger partial charge on any atom is -0.397 e. The molecule has 6 heteroatoms. The standard InChI is InChI=1S/C15H19ClN4O/c1-3-4-14-18-7-8-20(14)10(2)15(21)19-11-5-6-12(16)13(17)9-11/h5-10H,3-4,17H2,1-2H3,(H,19,21). The Labute approximate surface area is 129 Å². The summed E-state index contributed by atoms with van der Waals surface area (Å²) in [6, 6.07) is 4.69. The zero-order valence-electron chi connectivity index (χ0n) is 12.1. The molecule has 1 aromatic heterocycles. The molecule has 2 aromatic rings. The third-order valence-corrected chi connectivity index (χ3v) is 3.63. The predicted molar refractivity (Wildman–Crippen MR) is 85.4 cm³/mol. The molecular weight excluding hydrogens is 288 g/mol. The highest BCUT2D eigenvalue weighted by atomic mass is 35.5. The van der Waals surface area contributed by atoms with Crippen LogP contribution in [0.2, 0.25) is 5.02 Å². The lowest BCUT2D eigenvalue weighted by atomic mass is 10.2. The lowest BCUT2D eigenvalue weighted by Crippen LogP contribution is -2.24. The molecule has 1 aromatic carbocycles. The zero-order chi connectivity index (χ0) is 15.4. The quantitative estimate of drug-likeness (QED) is 0.833. The number of aromatic nitrogens is 2. The van der Waals surface area contributed by atoms with E-state index in [0.717, 1.165) is 18.7 Å². The summed E-state index contributed by atoms with van der Waals surface area (Å²) in [4.78, 5) is 16.6. The minimum atomic E-state index is -0.342. The smallest absolute Gasteiger partial charge is 0.247 e. The van der Waals surface area contributed by atoms with Gasteiger partial charge in [0.2, 0.25) is 5.91 Å². The molecule has 0 bridgehead atoms. The Bertz CT molecular complexity index is 638. The number of nitrogens with zero attached hydrogens (tertiary/aromatic N) is 2. The van der Waals surface area contributed by atoms with Gasteiger partial charge in [-0.05, 0) is 31.5 Å². The van der Waals surface area contributed by atoms with E-state index in [4.69, 9.17) is 17.3 Å². The summed E-state index contributed by atoms with van der Waals surface area (Å²) in [6.07, 6.45) is 5.37. The van der Waals surface area contributed by atoms with Crippen molar-refractivity contribution in [2.45, 2.75) is 32.7 Å². The fraction of sp³-hybridized carbons (Fsp3) is 0.333. The van der Waals surface area contributed by atoms with Crippen molar-refractivity contribution in [3.63, 3.8) is 0 Å². The summed E-state index contributed by atoms with van der Waals surface area (Å²) in [5, 5.41) is 3.31. The summed E-state index contributed by atoms with van der Waals surface area (Å²) in [6.45, 7) is 3.93. The van der Waals surface area contributed by atoms with Gasteiger partial charge in [0.1, 0.15) is 11.9 Å². The van der Waals surface area contributed by atoms with Gasteiger partial charge in [-0.1, -0.05) is 18.5 Å². The molecule has 3 N–H and O–H groups in total. The van der Waals surface area contributed by atoms with Gasteiger partial charge in [-0.15, -0.1) is 0 Å². The molecule has 112 valence electrons. The third-order valence-electron chi connectivity index (χ3n) is 3.28. The first-order chi connectivity index (χ1) is 10.0. The molecule has 0 saturated heterocycles. The fourth-order valence-corrected chi connectivity index (χ4v) is 2.23. The van der Waals surface area contributed by atoms with Gasteiger partial charge < -0.3 is 15.6 Å². The van der Waals surface area contributed by atoms with Crippen molar-refractivity contribution in [2.75, 3.05) is 11.1 Å². The Morgan fingerprint density at radius 3 is 2.95 bits per heavy atom. The van der Waals surface area contributed by atoms with Crippen LogP contribution in [-0.4, -0.2) is 15.5 Å². The van der Waals surface area contributed by atoms with E-state index in [1.54, 1.807) is 24.4 Å². The summed E-state index contributed by atoms with van der Waals surface area (Å²) < 4.78 is 1.89. The number of imidazole rings is 1. The lowest BCUT2D eigenvalue weighted by Gasteiger charge is -2.16. The molecule has 0 aliphatic heterocycles. The van der Waals surface area contributed by atoms with Crippen molar-refractivity contribution < 1.29 is 4.79 Å². The highest BCUT2D eigenvalue weighted by molar-refractivity contribution is 6.33. The number of benzene rings is 1. The summed E-state index contributed by atoms with van der Waals surface area (Å²) >= 11 is 5.87. The van der Waals surface area contributed by atoms with E-state index in [1.165, 1.54) is 0 Å². The number of halogens is 1. The Kier molecular flexibility index (Phi) is 4.85. The van der Waals surface area contributed by atoms with Crippen LogP contribution < -0.4 is 11.1 Å². The summed E-state index contributed by atoms with van der Waals surface area (Å²) in [5.41, 5.74) is 6.80. The largest absolute Gasteiger partial charge is 0.397 e. The zero-order valence-corrected chi connectivity index (χ0v) is 12.9. The first kappa shape index (κ1) is 15.4. The Morgan fingerprint density at radius 1 is 1.52 bits per heavy atom. The molecule has 1 unspecified atom stereocenters. The molecule has 2 rings (SSSR count). The van der Waals surface area contributed by atoms with Gasteiger partial charge in [0.15, 0.2) is 0 Å². The first-order valence-electron chi connectivity index (χ1n) is 6.90. The molecule has 1 amide bonds. The normalized spacial score (nSPS) is 12.1. The van der Waals surface area contributed by atoms with Gasteiger partial charge >= 0.3 is 0 Å². The van der Waals surface area contributed by atoms with E-state index in [9.17, 15) is 4.79 Å². The van der Waals surface area contributed by atoms with Crippen molar-refractivity contribution in [3.8, 4) is 0 Å². The second-order valence-electron chi connectivity index (χ2n) is 4.90. The molecule has 0 spiro atoms. The monoisotopic (exact) mass is 306 g/mol. The molecule has 0 aliphatic rings. The topological polar surface area (TPSA) is 72.9 Å². The Hall–Kier alpha value is -2.01. The molecule has 0 aliphatic carbocycles. The number of aryl methyl sites for hydroxylation is 1. The number of carbonyl (C=O) groups is 1. The number of amides is 1. The number of nitrogens with two attached hydrogens (primary N) is 1. The predicted octanol–water partition coefficient (Wildman–Crippen LogP) is 3.27. The van der Waals surface area contributed by atoms with Crippen molar-refractivity contribution in [1.82, 2.24) is 9.55 Å². The van der Waals surface area contributed by atoms with Crippen LogP contribution in [0, 0.1) is 0 Å². The van der Waals surface area contributed by atoms with Crippen LogP contribution in [0.15, 0.2) is 30.6 Å². The Morgan fingerprint density at radius 2 is 2.29 bits per heavy atom. The molecule has 21 heavy (non-hydrogen) atoms. The second-order valence-corrected chi connectivity index (χ2v) is 5.31. The maximum absolute atomic E-state index is 12.3. The number of anilines is 2. The van der Waals surface area contributed by atoms with Crippen LogP contribution in [0.25, 0.3) is 0 Å². The molecule has 0 radical (unpaired) electrons. The van der Waals surface area contributed by atoms with E-state index in [0.29, 0.717) is 16.4 Å². The van der Waals surface area contributed by atoms with E-state index in [-0.39, 0.29) is 11.9 Å². The molecule has 0 saturated carbocycles. The number of hydrogen-bond donors (Lipinski definition) is 2. The number of nitrogen functional groups attached to an aromatic ring is 1.